The third-order valence-electron chi connectivity index (χ3n) is 3.32. The van der Waals surface area contributed by atoms with Crippen LogP contribution in [0.4, 0.5) is 4.79 Å². The van der Waals surface area contributed by atoms with Crippen LogP contribution in [0.1, 0.15) is 32.1 Å². The Kier molecular flexibility index (Phi) is 7.25. The van der Waals surface area contributed by atoms with E-state index in [2.05, 4.69) is 5.32 Å². The average molecular weight is 272 g/mol. The maximum atomic E-state index is 11.8. The number of carboxylic acids is 1. The fourth-order valence-electron chi connectivity index (χ4n) is 2.27. The molecule has 1 heterocycles. The van der Waals surface area contributed by atoms with Crippen LogP contribution in [0.5, 0.6) is 0 Å². The van der Waals surface area contributed by atoms with Gasteiger partial charge >= 0.3 is 12.0 Å². The lowest BCUT2D eigenvalue weighted by molar-refractivity contribution is -0.137. The monoisotopic (exact) mass is 272 g/mol. The van der Waals surface area contributed by atoms with E-state index in [-0.39, 0.29) is 12.5 Å². The van der Waals surface area contributed by atoms with Crippen molar-refractivity contribution >= 4 is 12.0 Å². The number of urea groups is 1. The standard InChI is InChI=1S/C13H24N2O4/c1-19-10-11-6-8-15(9-11)13(18)14-7-4-2-3-5-12(16)17/h11H,2-10H2,1H3,(H,14,18)(H,16,17). The molecular formula is C13H24N2O4. The molecule has 1 fully saturated rings. The van der Waals surface area contributed by atoms with Gasteiger partial charge in [0.25, 0.3) is 0 Å². The zero-order valence-corrected chi connectivity index (χ0v) is 11.6. The molecule has 0 aliphatic carbocycles. The Morgan fingerprint density at radius 1 is 1.37 bits per heavy atom. The van der Waals surface area contributed by atoms with Crippen molar-refractivity contribution in [2.24, 2.45) is 5.92 Å². The van der Waals surface area contributed by atoms with E-state index in [9.17, 15) is 9.59 Å². The van der Waals surface area contributed by atoms with Gasteiger partial charge < -0.3 is 20.1 Å². The molecule has 2 N–H and O–H groups in total. The van der Waals surface area contributed by atoms with Crippen molar-refractivity contribution in [1.29, 1.82) is 0 Å². The third kappa shape index (κ3) is 6.42. The van der Waals surface area contributed by atoms with Crippen LogP contribution < -0.4 is 5.32 Å². The minimum absolute atomic E-state index is 0.0168. The van der Waals surface area contributed by atoms with Gasteiger partial charge in [0.05, 0.1) is 6.61 Å². The van der Waals surface area contributed by atoms with Crippen molar-refractivity contribution < 1.29 is 19.4 Å². The van der Waals surface area contributed by atoms with E-state index >= 15 is 0 Å². The Labute approximate surface area is 114 Å². The van der Waals surface area contributed by atoms with Gasteiger partial charge in [-0.2, -0.15) is 0 Å². The Bertz CT molecular complexity index is 296. The lowest BCUT2D eigenvalue weighted by Crippen LogP contribution is -2.39. The zero-order chi connectivity index (χ0) is 14.1. The van der Waals surface area contributed by atoms with Gasteiger partial charge in [-0.05, 0) is 19.3 Å². The van der Waals surface area contributed by atoms with Gasteiger partial charge in [0.1, 0.15) is 0 Å². The molecule has 1 saturated heterocycles. The number of carboxylic acid groups (broad SMARTS) is 1. The predicted molar refractivity (Wildman–Crippen MR) is 71.1 cm³/mol. The summed E-state index contributed by atoms with van der Waals surface area (Å²) in [6, 6.07) is -0.0168. The number of hydrogen-bond donors (Lipinski definition) is 2. The first-order valence-electron chi connectivity index (χ1n) is 6.87. The van der Waals surface area contributed by atoms with Crippen molar-refractivity contribution in [2.75, 3.05) is 33.4 Å². The number of likely N-dealkylation sites (tertiary alicyclic amines) is 1. The number of nitrogens with zero attached hydrogens (tertiary/aromatic N) is 1. The first-order chi connectivity index (χ1) is 9.13. The van der Waals surface area contributed by atoms with E-state index in [1.165, 1.54) is 0 Å². The fourth-order valence-corrected chi connectivity index (χ4v) is 2.27. The first kappa shape index (κ1) is 15.8. The first-order valence-corrected chi connectivity index (χ1v) is 6.87. The Morgan fingerprint density at radius 2 is 2.16 bits per heavy atom. The van der Waals surface area contributed by atoms with Crippen LogP contribution in [-0.2, 0) is 9.53 Å². The van der Waals surface area contributed by atoms with Crippen molar-refractivity contribution in [3.05, 3.63) is 0 Å². The normalized spacial score (nSPS) is 18.6. The largest absolute Gasteiger partial charge is 0.481 e. The van der Waals surface area contributed by atoms with Gasteiger partial charge in [0.2, 0.25) is 0 Å². The van der Waals surface area contributed by atoms with Crippen LogP contribution >= 0.6 is 0 Å². The lowest BCUT2D eigenvalue weighted by atomic mass is 10.1. The topological polar surface area (TPSA) is 78.9 Å². The van der Waals surface area contributed by atoms with Crippen LogP contribution in [0, 0.1) is 5.92 Å². The number of nitrogens with one attached hydrogen (secondary N) is 1. The number of hydrogen-bond acceptors (Lipinski definition) is 3. The second kappa shape index (κ2) is 8.74. The molecule has 1 unspecified atom stereocenters. The van der Waals surface area contributed by atoms with Crippen LogP contribution in [0.3, 0.4) is 0 Å². The number of unbranched alkanes of at least 4 members (excludes halogenated alkanes) is 2. The highest BCUT2D eigenvalue weighted by Gasteiger charge is 2.25. The van der Waals surface area contributed by atoms with E-state index in [1.54, 1.807) is 7.11 Å². The van der Waals surface area contributed by atoms with Gasteiger partial charge in [-0.25, -0.2) is 4.79 Å². The fraction of sp³-hybridized carbons (Fsp3) is 0.846. The summed E-state index contributed by atoms with van der Waals surface area (Å²) in [4.78, 5) is 23.9. The van der Waals surface area contributed by atoms with Gasteiger partial charge in [-0.3, -0.25) is 4.79 Å². The molecule has 6 nitrogen and oxygen atoms in total. The summed E-state index contributed by atoms with van der Waals surface area (Å²) in [6.07, 6.45) is 3.54. The molecule has 0 spiro atoms. The number of ether oxygens (including phenoxy) is 1. The Balaban J connectivity index is 2.03. The second-order valence-corrected chi connectivity index (χ2v) is 4.99. The molecule has 0 aromatic carbocycles. The van der Waals surface area contributed by atoms with Crippen LogP contribution in [0.2, 0.25) is 0 Å². The number of aliphatic carboxylic acids is 1. The summed E-state index contributed by atoms with van der Waals surface area (Å²) in [5.74, 6) is -0.309. The number of amides is 2. The van der Waals surface area contributed by atoms with Crippen molar-refractivity contribution in [2.45, 2.75) is 32.1 Å². The molecular weight excluding hydrogens is 248 g/mol. The van der Waals surface area contributed by atoms with E-state index in [0.29, 0.717) is 25.5 Å². The van der Waals surface area contributed by atoms with Crippen molar-refractivity contribution in [3.63, 3.8) is 0 Å². The maximum absolute atomic E-state index is 11.8. The lowest BCUT2D eigenvalue weighted by Gasteiger charge is -2.17. The summed E-state index contributed by atoms with van der Waals surface area (Å²) in [5.41, 5.74) is 0. The molecule has 19 heavy (non-hydrogen) atoms. The smallest absolute Gasteiger partial charge is 0.317 e. The highest BCUT2D eigenvalue weighted by molar-refractivity contribution is 5.74. The minimum atomic E-state index is -0.759. The van der Waals surface area contributed by atoms with Crippen LogP contribution in [0.15, 0.2) is 0 Å². The molecule has 0 radical (unpaired) electrons. The summed E-state index contributed by atoms with van der Waals surface area (Å²) >= 11 is 0. The number of carbonyl (C=O) groups excluding carboxylic acids is 1. The molecule has 0 aromatic rings. The van der Waals surface area contributed by atoms with Gasteiger partial charge in [0.15, 0.2) is 0 Å². The molecule has 0 saturated carbocycles. The molecule has 110 valence electrons. The summed E-state index contributed by atoms with van der Waals surface area (Å²) in [6.45, 7) is 2.88. The van der Waals surface area contributed by atoms with E-state index < -0.39 is 5.97 Å². The van der Waals surface area contributed by atoms with Gasteiger partial charge in [0, 0.05) is 39.1 Å². The quantitative estimate of drug-likeness (QED) is 0.653. The zero-order valence-electron chi connectivity index (χ0n) is 11.6. The number of carbonyl (C=O) groups is 2. The molecule has 1 rings (SSSR count). The number of rotatable bonds is 8. The van der Waals surface area contributed by atoms with Crippen LogP contribution in [0.25, 0.3) is 0 Å². The van der Waals surface area contributed by atoms with Crippen molar-refractivity contribution in [3.8, 4) is 0 Å². The van der Waals surface area contributed by atoms with E-state index in [1.807, 2.05) is 4.90 Å². The highest BCUT2D eigenvalue weighted by Crippen LogP contribution is 2.16. The second-order valence-electron chi connectivity index (χ2n) is 4.99. The highest BCUT2D eigenvalue weighted by atomic mass is 16.5. The molecule has 1 aliphatic rings. The Morgan fingerprint density at radius 3 is 2.84 bits per heavy atom. The van der Waals surface area contributed by atoms with Gasteiger partial charge in [-0.1, -0.05) is 6.42 Å². The molecule has 0 aromatic heterocycles. The maximum Gasteiger partial charge on any atom is 0.317 e. The summed E-state index contributed by atoms with van der Waals surface area (Å²) in [5, 5.41) is 11.4. The van der Waals surface area contributed by atoms with E-state index in [4.69, 9.17) is 9.84 Å². The van der Waals surface area contributed by atoms with Gasteiger partial charge in [-0.15, -0.1) is 0 Å². The minimum Gasteiger partial charge on any atom is -0.481 e. The molecule has 1 aliphatic heterocycles. The van der Waals surface area contributed by atoms with Crippen molar-refractivity contribution in [1.82, 2.24) is 10.2 Å². The summed E-state index contributed by atoms with van der Waals surface area (Å²) in [7, 11) is 1.68. The summed E-state index contributed by atoms with van der Waals surface area (Å²) < 4.78 is 5.09. The molecule has 1 atom stereocenters. The number of methoxy groups -OCH3 is 1. The SMILES string of the molecule is COCC1CCN(C(=O)NCCCCCC(=O)O)C1. The molecule has 2 amide bonds. The third-order valence-corrected chi connectivity index (χ3v) is 3.32. The van der Waals surface area contributed by atoms with E-state index in [0.717, 1.165) is 32.4 Å². The molecule has 0 bridgehead atoms. The average Bonchev–Trinajstić information content (AvgIpc) is 2.82. The van der Waals surface area contributed by atoms with Crippen LogP contribution in [-0.4, -0.2) is 55.4 Å². The molecule has 6 heteroatoms. The Hall–Kier alpha value is -1.30. The predicted octanol–water partition coefficient (Wildman–Crippen LogP) is 1.31.